The maximum atomic E-state index is 13.8. The van der Waals surface area contributed by atoms with Crippen LogP contribution in [0.1, 0.15) is 90.9 Å². The monoisotopic (exact) mass is 1280 g/mol. The number of aliphatic carboxylic acids is 5. The average molecular weight is 1280 g/mol. The van der Waals surface area contributed by atoms with Gasteiger partial charge in [-0.05, 0) is 72.2 Å². The van der Waals surface area contributed by atoms with Gasteiger partial charge in [0.05, 0.1) is 37.7 Å². The molecule has 0 fully saturated rings. The number of hydrogen-bond acceptors (Lipinski definition) is 20. The normalized spacial score (nSPS) is 13.5. The number of aromatic amines is 1. The van der Waals surface area contributed by atoms with Crippen LogP contribution in [0.25, 0.3) is 22.3 Å². The zero-order valence-electron chi connectivity index (χ0n) is 47.8. The molecule has 0 unspecified atom stereocenters. The molecule has 0 saturated heterocycles. The quantitative estimate of drug-likeness (QED) is 0.0185. The van der Waals surface area contributed by atoms with Gasteiger partial charge in [0.2, 0.25) is 41.4 Å². The molecule has 0 saturated carbocycles. The molecule has 16 N–H and O–H groups in total. The standard InChI is InChI=1S/C57H65N13O18S2/c58-57-69-48-47(54(84)70-57)62-30(25-61-48)24-60-29-14-12-28(13-15-29)49(79)65-37(55(85)86)16-17-43(72)63-38(21-44(73)74)51(81)66-40(23-46(77)78)53(83)67-39(22-45(75)76)52(82)64-36(50(80)68-41(26-89)56(87)88)11-5-6-19-59-42(71)18-20-90-27-35-33-9-3-1-7-31(33)32-8-2-4-10-34(32)35/h1-4,7-10,12-15,25,35-41,60,89H,5-6,11,16-24,26-27H2,(H,59,71)(H,63,72)(H,64,82)(H,65,79)(H,66,81)(H,67,83)(H,68,80)(H,73,74)(H,75,76)(H,77,78)(H,85,86)(H,87,88)(H3,58,61,69,70,84)/t36-,37+,38+,39+,40-,41-/m1/s1. The highest BCUT2D eigenvalue weighted by Crippen LogP contribution is 2.45. The van der Waals surface area contributed by atoms with E-state index in [0.717, 1.165) is 5.75 Å². The van der Waals surface area contributed by atoms with Crippen molar-refractivity contribution in [2.75, 3.05) is 34.9 Å². The molecule has 0 aliphatic heterocycles. The minimum Gasteiger partial charge on any atom is -0.481 e. The van der Waals surface area contributed by atoms with Crippen molar-refractivity contribution < 1.29 is 83.1 Å². The first-order valence-electron chi connectivity index (χ1n) is 27.8. The van der Waals surface area contributed by atoms with Crippen LogP contribution in [0, 0.1) is 0 Å². The van der Waals surface area contributed by atoms with E-state index in [-0.39, 0.29) is 73.3 Å². The molecule has 31 nitrogen and oxygen atoms in total. The number of anilines is 2. The third kappa shape index (κ3) is 20.5. The number of unbranched alkanes of at least 4 members (excludes halogenated alkanes) is 1. The number of hydrogen-bond donors (Lipinski definition) is 16. The predicted molar refractivity (Wildman–Crippen MR) is 325 cm³/mol. The summed E-state index contributed by atoms with van der Waals surface area (Å²) in [5.41, 5.74) is 10.6. The van der Waals surface area contributed by atoms with E-state index in [1.54, 1.807) is 11.8 Å². The molecule has 0 radical (unpaired) electrons. The van der Waals surface area contributed by atoms with Crippen LogP contribution >= 0.6 is 24.4 Å². The summed E-state index contributed by atoms with van der Waals surface area (Å²) in [5.74, 6) is -15.0. The summed E-state index contributed by atoms with van der Waals surface area (Å²) in [4.78, 5) is 180. The fraction of sp³-hybridized carbons (Fsp3) is 0.368. The van der Waals surface area contributed by atoms with Crippen LogP contribution in [0.15, 0.2) is 83.8 Å². The van der Waals surface area contributed by atoms with Crippen LogP contribution in [0.3, 0.4) is 0 Å². The molecule has 3 aromatic carbocycles. The van der Waals surface area contributed by atoms with E-state index in [0.29, 0.717) is 17.1 Å². The summed E-state index contributed by atoms with van der Waals surface area (Å²) in [6.45, 7) is 0.210. The topological polar surface area (TPSA) is 500 Å². The molecule has 0 spiro atoms. The lowest BCUT2D eigenvalue weighted by atomic mass is 9.99. The Balaban J connectivity index is 1.00. The Kier molecular flexibility index (Phi) is 25.5. The molecule has 6 rings (SSSR count). The van der Waals surface area contributed by atoms with Gasteiger partial charge < -0.3 is 73.8 Å². The van der Waals surface area contributed by atoms with Crippen LogP contribution in [-0.2, 0) is 59.3 Å². The number of nitrogen functional groups attached to an aromatic ring is 1. The Bertz CT molecular complexity index is 3530. The van der Waals surface area contributed by atoms with Crippen molar-refractivity contribution in [2.24, 2.45) is 0 Å². The number of carboxylic acid groups (broad SMARTS) is 5. The highest BCUT2D eigenvalue weighted by Gasteiger charge is 2.35. The van der Waals surface area contributed by atoms with Gasteiger partial charge in [-0.15, -0.1) is 0 Å². The number of H-pyrrole nitrogens is 1. The van der Waals surface area contributed by atoms with Crippen LogP contribution in [0.4, 0.5) is 11.6 Å². The SMILES string of the molecule is Nc1nc2ncc(CNc3ccc(C(=O)N[C@@H](CCC(=O)N[C@@H](CC(=O)O)C(=O)N[C@H](CC(=O)O)C(=O)N[C@@H](CC(=O)O)C(=O)N[C@H](CCCCNC(=O)CCSCC4c5ccccc5-c5ccccc54)C(=O)N[C@H](CS)C(=O)O)C(=O)O)cc3)nc2c(=O)[nH]1. The molecule has 7 amide bonds. The lowest BCUT2D eigenvalue weighted by Crippen LogP contribution is -2.59. The molecule has 1 aliphatic carbocycles. The van der Waals surface area contributed by atoms with Gasteiger partial charge >= 0.3 is 29.8 Å². The van der Waals surface area contributed by atoms with Gasteiger partial charge in [0.1, 0.15) is 36.3 Å². The number of amides is 7. The average Bonchev–Trinajstić information content (AvgIpc) is 1.67. The van der Waals surface area contributed by atoms with Crippen molar-refractivity contribution in [3.05, 3.63) is 112 Å². The van der Waals surface area contributed by atoms with Crippen molar-refractivity contribution in [2.45, 2.75) is 107 Å². The lowest BCUT2D eigenvalue weighted by Gasteiger charge is -2.26. The first kappa shape index (κ1) is 68.9. The van der Waals surface area contributed by atoms with Crippen LogP contribution < -0.4 is 53.8 Å². The van der Waals surface area contributed by atoms with E-state index < -0.39 is 145 Å². The third-order valence-corrected chi connectivity index (χ3v) is 15.2. The molecular formula is C57H65N13O18S2. The van der Waals surface area contributed by atoms with E-state index in [1.807, 2.05) is 34.9 Å². The minimum atomic E-state index is -2.20. The first-order valence-corrected chi connectivity index (χ1v) is 29.6. The number of carbonyl (C=O) groups is 12. The summed E-state index contributed by atoms with van der Waals surface area (Å²) in [5, 5.41) is 67.2. The largest absolute Gasteiger partial charge is 0.481 e. The zero-order valence-corrected chi connectivity index (χ0v) is 49.5. The molecule has 0 bridgehead atoms. The molecule has 2 aromatic heterocycles. The molecule has 5 aromatic rings. The highest BCUT2D eigenvalue weighted by atomic mass is 32.2. The van der Waals surface area contributed by atoms with E-state index in [2.05, 4.69) is 88.7 Å². The molecule has 6 atom stereocenters. The number of thioether (sulfide) groups is 1. The number of aromatic nitrogens is 4. The molecule has 33 heteroatoms. The predicted octanol–water partition coefficient (Wildman–Crippen LogP) is -0.0446. The summed E-state index contributed by atoms with van der Waals surface area (Å²) in [6, 6.07) is 10.7. The van der Waals surface area contributed by atoms with Gasteiger partial charge in [0.15, 0.2) is 11.2 Å². The Morgan fingerprint density at radius 3 is 1.69 bits per heavy atom. The Morgan fingerprint density at radius 1 is 0.600 bits per heavy atom. The Labute approximate surface area is 520 Å². The van der Waals surface area contributed by atoms with Crippen molar-refractivity contribution >= 4 is 118 Å². The highest BCUT2D eigenvalue weighted by molar-refractivity contribution is 7.99. The van der Waals surface area contributed by atoms with Gasteiger partial charge in [0, 0.05) is 53.8 Å². The van der Waals surface area contributed by atoms with E-state index in [1.165, 1.54) is 52.7 Å². The second-order valence-corrected chi connectivity index (χ2v) is 21.9. The molecule has 1 aliphatic rings. The van der Waals surface area contributed by atoms with Gasteiger partial charge in [-0.3, -0.25) is 57.7 Å². The van der Waals surface area contributed by atoms with E-state index in [9.17, 15) is 87.9 Å². The second kappa shape index (κ2) is 33.2. The number of nitrogens with two attached hydrogens (primary N) is 1. The van der Waals surface area contributed by atoms with Crippen LogP contribution in [-0.4, -0.2) is 177 Å². The number of rotatable bonds is 36. The van der Waals surface area contributed by atoms with Crippen molar-refractivity contribution in [1.82, 2.24) is 57.2 Å². The van der Waals surface area contributed by atoms with Crippen LogP contribution in [0.2, 0.25) is 0 Å². The second-order valence-electron chi connectivity index (χ2n) is 20.4. The number of carboxylic acids is 5. The third-order valence-electron chi connectivity index (χ3n) is 13.8. The van der Waals surface area contributed by atoms with E-state index >= 15 is 0 Å². The Hall–Kier alpha value is -10.2. The number of carbonyl (C=O) groups excluding carboxylic acids is 7. The molecule has 90 heavy (non-hydrogen) atoms. The number of nitrogens with one attached hydrogen (secondary N) is 9. The summed E-state index contributed by atoms with van der Waals surface area (Å²) < 4.78 is 0. The van der Waals surface area contributed by atoms with Crippen molar-refractivity contribution in [3.8, 4) is 11.1 Å². The zero-order chi connectivity index (χ0) is 65.6. The van der Waals surface area contributed by atoms with Crippen molar-refractivity contribution in [3.63, 3.8) is 0 Å². The van der Waals surface area contributed by atoms with Crippen LogP contribution in [0.5, 0.6) is 0 Å². The number of fused-ring (bicyclic) bond motifs is 4. The van der Waals surface area contributed by atoms with Gasteiger partial charge in [-0.1, -0.05) is 48.5 Å². The minimum absolute atomic E-state index is 0.0162. The first-order chi connectivity index (χ1) is 42.9. The van der Waals surface area contributed by atoms with Gasteiger partial charge in [-0.2, -0.15) is 29.4 Å². The fourth-order valence-electron chi connectivity index (χ4n) is 9.32. The summed E-state index contributed by atoms with van der Waals surface area (Å²) in [6.07, 6.45) is -3.33. The summed E-state index contributed by atoms with van der Waals surface area (Å²) in [7, 11) is 0. The molecule has 478 valence electrons. The van der Waals surface area contributed by atoms with E-state index in [4.69, 9.17) is 5.73 Å². The number of thiol groups is 1. The van der Waals surface area contributed by atoms with Gasteiger partial charge in [0.25, 0.3) is 11.5 Å². The maximum Gasteiger partial charge on any atom is 0.327 e. The van der Waals surface area contributed by atoms with Crippen molar-refractivity contribution in [1.29, 1.82) is 0 Å². The fourth-order valence-corrected chi connectivity index (χ4v) is 10.7. The smallest absolute Gasteiger partial charge is 0.327 e. The number of benzene rings is 3. The number of nitrogens with zero attached hydrogens (tertiary/aromatic N) is 3. The molecule has 2 heterocycles. The molecular weight excluding hydrogens is 1220 g/mol. The lowest BCUT2D eigenvalue weighted by molar-refractivity contribution is -0.144. The maximum absolute atomic E-state index is 13.8. The summed E-state index contributed by atoms with van der Waals surface area (Å²) >= 11 is 5.57. The Morgan fingerprint density at radius 2 is 1.13 bits per heavy atom. The van der Waals surface area contributed by atoms with Gasteiger partial charge in [-0.25, -0.2) is 19.6 Å².